The van der Waals surface area contributed by atoms with Crippen molar-refractivity contribution in [1.82, 2.24) is 58.6 Å². The first-order valence-corrected chi connectivity index (χ1v) is 48.3. The number of anilines is 2. The minimum absolute atomic E-state index is 0.0275. The maximum atomic E-state index is 15.1. The molecule has 4 aromatic rings. The van der Waals surface area contributed by atoms with Gasteiger partial charge in [-0.25, -0.2) is 4.79 Å². The lowest BCUT2D eigenvalue weighted by Crippen LogP contribution is -2.64. The van der Waals surface area contributed by atoms with E-state index < -0.39 is 119 Å². The van der Waals surface area contributed by atoms with Gasteiger partial charge in [0.25, 0.3) is 0 Å². The molecule has 12 rings (SSSR count). The highest BCUT2D eigenvalue weighted by molar-refractivity contribution is 6.03. The highest BCUT2D eigenvalue weighted by Gasteiger charge is 2.59. The molecule has 3 aliphatic heterocycles. The number of allylic oxidation sites excluding steroid dienone is 1. The molecule has 1 unspecified atom stereocenters. The number of aliphatic hydroxyl groups excluding tert-OH is 4. The molecule has 15 atom stereocenters. The van der Waals surface area contributed by atoms with Gasteiger partial charge in [-0.3, -0.25) is 59.3 Å². The first-order chi connectivity index (χ1) is 64.8. The fourth-order valence-corrected chi connectivity index (χ4v) is 21.9. The highest BCUT2D eigenvalue weighted by atomic mass is 16.6. The Morgan fingerprint density at radius 3 is 1.89 bits per heavy atom. The molecule has 2 saturated carbocycles. The number of hydrogen-bond acceptors (Lipinski definition) is 27. The summed E-state index contributed by atoms with van der Waals surface area (Å²) in [5.74, 6) is 0.964. The molecule has 0 aromatic heterocycles. The number of primary amides is 1. The number of phenolic OH excluding ortho intramolecular Hbond substituents is 1. The van der Waals surface area contributed by atoms with Crippen LogP contribution in [0.15, 0.2) is 96.3 Å². The van der Waals surface area contributed by atoms with Crippen molar-refractivity contribution in [3.63, 3.8) is 0 Å². The molecule has 20 N–H and O–H groups in total. The smallest absolute Gasteiger partial charge is 0.312 e. The minimum Gasteiger partial charge on any atom is -0.508 e. The Kier molecular flexibility index (Phi) is 37.0. The van der Waals surface area contributed by atoms with Crippen LogP contribution in [0.1, 0.15) is 222 Å². The number of hydrogen-bond donors (Lipinski definition) is 18. The molecule has 0 spiro atoms. The van der Waals surface area contributed by atoms with Gasteiger partial charge >= 0.3 is 6.03 Å². The monoisotopic (exact) mass is 1880 g/mol. The SMILES string of the molecule is CN/C1=C(\NN)c2ccccc2N(C(=O)CCC(=O)NCCOCCOCCOCCOCCC(=O)N[C@H](CCCCNC(=O)COC2CCCCCC3=C2NNN3[C@@H]2O[C@H](CO)[C@H](O)[C@H](O)[C@H]2O)C(=O)N[C@H](C(=O)C[C@@H](CCCNC(N)=O)C(=O)Nc2ccc3c(c2)[C@@]2(C)CCC[C@](C)(C(=O)NC(=O)[C@@]4(C)CCC[C@]5(C)c6cc(O)ccc6CC[C@@H]45)[C@@H]2CC3)C(C)C)Cc2ccccc21. The third-order valence-corrected chi connectivity index (χ3v) is 29.2. The fraction of sp³-hybridized carbons (Fsp3) is 0.616. The number of aromatic hydroxyl groups is 1. The molecule has 36 heteroatoms. The first kappa shape index (κ1) is 104. The zero-order valence-electron chi connectivity index (χ0n) is 79.2. The van der Waals surface area contributed by atoms with Crippen LogP contribution in [0, 0.1) is 34.5 Å². The van der Waals surface area contributed by atoms with Gasteiger partial charge in [-0.2, -0.15) is 0 Å². The van der Waals surface area contributed by atoms with Gasteiger partial charge in [-0.05, 0) is 189 Å². The summed E-state index contributed by atoms with van der Waals surface area (Å²) in [6.07, 6.45) is 3.65. The zero-order valence-corrected chi connectivity index (χ0v) is 79.2. The number of phenols is 1. The van der Waals surface area contributed by atoms with Crippen LogP contribution in [0.4, 0.5) is 16.2 Å². The van der Waals surface area contributed by atoms with Crippen LogP contribution in [-0.2, 0) is 102 Å². The van der Waals surface area contributed by atoms with E-state index in [9.17, 15) is 68.7 Å². The van der Waals surface area contributed by atoms with E-state index in [4.69, 9.17) is 40.0 Å². The largest absolute Gasteiger partial charge is 0.508 e. The number of nitrogens with one attached hydrogen (secondary N) is 11. The molecule has 0 radical (unpaired) electrons. The van der Waals surface area contributed by atoms with Crippen LogP contribution in [-0.4, -0.2) is 231 Å². The summed E-state index contributed by atoms with van der Waals surface area (Å²) >= 11 is 0. The average molecular weight is 1880 g/mol. The van der Waals surface area contributed by atoms with Crippen molar-refractivity contribution in [3.8, 4) is 5.75 Å². The second kappa shape index (κ2) is 48.2. The second-order valence-electron chi connectivity index (χ2n) is 38.5. The van der Waals surface area contributed by atoms with Crippen LogP contribution in [0.5, 0.6) is 5.75 Å². The molecule has 740 valence electrons. The molecule has 10 amide bonds. The average Bonchev–Trinajstić information content (AvgIpc) is 1.07. The van der Waals surface area contributed by atoms with E-state index in [0.29, 0.717) is 86.3 Å². The predicted octanol–water partition coefficient (Wildman–Crippen LogP) is 5.72. The number of aryl methyl sites for hydroxylation is 2. The summed E-state index contributed by atoms with van der Waals surface area (Å²) in [4.78, 5) is 142. The van der Waals surface area contributed by atoms with Gasteiger partial charge < -0.3 is 113 Å². The maximum absolute atomic E-state index is 15.1. The lowest BCUT2D eigenvalue weighted by molar-refractivity contribution is -0.266. The number of benzene rings is 4. The van der Waals surface area contributed by atoms with Crippen molar-refractivity contribution >= 4 is 81.8 Å². The summed E-state index contributed by atoms with van der Waals surface area (Å²) in [6.45, 7) is 13.2. The number of amides is 10. The van der Waals surface area contributed by atoms with Crippen molar-refractivity contribution in [1.29, 1.82) is 0 Å². The van der Waals surface area contributed by atoms with Crippen LogP contribution < -0.4 is 75.4 Å². The first-order valence-electron chi connectivity index (χ1n) is 48.3. The summed E-state index contributed by atoms with van der Waals surface area (Å²) in [5.41, 5.74) is 22.4. The number of urea groups is 1. The summed E-state index contributed by atoms with van der Waals surface area (Å²) in [5, 5.41) is 77.6. The van der Waals surface area contributed by atoms with E-state index >= 15 is 4.79 Å². The van der Waals surface area contributed by atoms with E-state index in [2.05, 4.69) is 72.8 Å². The molecule has 8 aliphatic rings. The number of unbranched alkanes of at least 4 members (excludes halogenated alkanes) is 1. The lowest BCUT2D eigenvalue weighted by atomic mass is 9.49. The predicted molar refractivity (Wildman–Crippen MR) is 503 cm³/mol. The van der Waals surface area contributed by atoms with Crippen LogP contribution in [0.3, 0.4) is 0 Å². The van der Waals surface area contributed by atoms with Crippen molar-refractivity contribution in [3.05, 3.63) is 135 Å². The molecular formula is C99H143N15O21. The van der Waals surface area contributed by atoms with Crippen LogP contribution >= 0.6 is 0 Å². The van der Waals surface area contributed by atoms with Gasteiger partial charge in [0.05, 0.1) is 111 Å². The number of nitrogens with zero attached hydrogens (tertiary/aromatic N) is 2. The van der Waals surface area contributed by atoms with E-state index in [1.807, 2.05) is 99.8 Å². The number of aliphatic hydroxyl groups is 4. The van der Waals surface area contributed by atoms with Gasteiger partial charge in [-0.1, -0.05) is 122 Å². The number of carbonyl (C=O) groups is 10. The van der Waals surface area contributed by atoms with Crippen molar-refractivity contribution < 1.29 is 102 Å². The molecule has 1 saturated heterocycles. The van der Waals surface area contributed by atoms with Crippen molar-refractivity contribution in [2.75, 3.05) is 103 Å². The number of imide groups is 1. The van der Waals surface area contributed by atoms with Gasteiger partial charge in [0, 0.05) is 75.1 Å². The molecule has 0 bridgehead atoms. The third kappa shape index (κ3) is 25.2. The van der Waals surface area contributed by atoms with E-state index in [1.54, 1.807) is 24.8 Å². The standard InChI is InChI=1S/C99H143N15O21/c1-60(2)83(74(117)54-63(21-17-44-105-95(100)129)90(125)106-65-32-28-61-30-34-77-96(3,69(61)55-65)39-18-41-98(77,5)93(127)109-94(128)99(6)42-19-40-97(4)70-56-66(116)33-29-62(70)31-35-78(97)99)108-91(126)71(24-15-16-43-103-81(120)59-134-75-27-10-8-9-26-73-86(75)111-112-114(73)92-89(124)88(123)87(122)76(58-115)135-92)107-80(119)38-46-130-48-50-132-52-53-133-51-49-131-47-45-104-79(118)36-37-82(121)113-57-64-20-11-12-22-67(64)84(102-7)85(110-101)68-23-13-14-25-72(68)113/h11-14,20,22-23,25,28-29,32-33,55-56,60,63,71,75-78,83,87-89,92,102,110-112,115-116,122-124H,8-10,15-19,21,24,26-27,30-31,34-54,57-59,101H2,1-7H3,(H,103,120)(H,104,118)(H,106,125)(H,107,119)(H,108,126)(H3,100,105,129)(H,109,127,128)/b85-84-/t63-,71-,75?,76-,77-,78-,83+,87+,88+,89-,92-,96-,97-,98+,99+/m1/s1. The Hall–Kier alpha value is -10.2. The van der Waals surface area contributed by atoms with Gasteiger partial charge in [0.2, 0.25) is 47.3 Å². The number of nitrogens with two attached hydrogens (primary N) is 2. The number of hydrazine groups is 3. The number of rotatable bonds is 45. The highest BCUT2D eigenvalue weighted by Crippen LogP contribution is 2.60. The Morgan fingerprint density at radius 2 is 1.23 bits per heavy atom. The topological polar surface area (TPSA) is 518 Å². The summed E-state index contributed by atoms with van der Waals surface area (Å²) in [6, 6.07) is 23.5. The zero-order chi connectivity index (χ0) is 96.7. The Morgan fingerprint density at radius 1 is 0.600 bits per heavy atom. The molecule has 135 heavy (non-hydrogen) atoms. The van der Waals surface area contributed by atoms with Crippen LogP contribution in [0.25, 0.3) is 11.4 Å². The quantitative estimate of drug-likeness (QED) is 0.0109. The Bertz CT molecular complexity index is 4880. The molecule has 4 aromatic carbocycles. The van der Waals surface area contributed by atoms with E-state index in [-0.39, 0.29) is 177 Å². The number of Topliss-reactive ketones (excluding diaryl/α,β-unsaturated/α-hetero) is 1. The summed E-state index contributed by atoms with van der Waals surface area (Å²) < 4.78 is 34.9. The maximum Gasteiger partial charge on any atom is 0.312 e. The molecule has 36 nitrogen and oxygen atoms in total. The van der Waals surface area contributed by atoms with E-state index in [0.717, 1.165) is 90.4 Å². The lowest BCUT2D eigenvalue weighted by Gasteiger charge is -2.56. The van der Waals surface area contributed by atoms with Gasteiger partial charge in [0.1, 0.15) is 48.9 Å². The number of fused-ring (bicyclic) bond motifs is 8. The van der Waals surface area contributed by atoms with Gasteiger partial charge in [0.15, 0.2) is 12.0 Å². The number of ether oxygens (including phenoxy) is 6. The van der Waals surface area contributed by atoms with E-state index in [1.165, 1.54) is 10.6 Å². The molecular weight excluding hydrogens is 1740 g/mol. The number of ketones is 1. The van der Waals surface area contributed by atoms with Crippen molar-refractivity contribution in [2.45, 2.75) is 262 Å². The molecule has 3 heterocycles. The second-order valence-corrected chi connectivity index (χ2v) is 38.5. The van der Waals surface area contributed by atoms with Crippen molar-refractivity contribution in [2.24, 2.45) is 46.1 Å². The molecule has 3 fully saturated rings. The number of carbonyl (C=O) groups excluding carboxylic acids is 10. The third-order valence-electron chi connectivity index (χ3n) is 29.2. The van der Waals surface area contributed by atoms with Crippen LogP contribution in [0.2, 0.25) is 0 Å². The van der Waals surface area contributed by atoms with Gasteiger partial charge in [-0.15, -0.1) is 5.53 Å². The Labute approximate surface area is 790 Å². The normalized spacial score (nSPS) is 25.8. The number of para-hydroxylation sites is 1. The Balaban J connectivity index is 0.619. The fourth-order valence-electron chi connectivity index (χ4n) is 21.9. The minimum atomic E-state index is -1.61. The summed E-state index contributed by atoms with van der Waals surface area (Å²) in [7, 11) is 1.82. The molecule has 5 aliphatic carbocycles.